The van der Waals surface area contributed by atoms with E-state index in [2.05, 4.69) is 26.6 Å². The first-order valence-electron chi connectivity index (χ1n) is 6.49. The van der Waals surface area contributed by atoms with Crippen molar-refractivity contribution in [2.75, 3.05) is 10.6 Å². The van der Waals surface area contributed by atoms with E-state index < -0.39 is 0 Å². The molecule has 0 aliphatic rings. The van der Waals surface area contributed by atoms with E-state index in [1.165, 1.54) is 0 Å². The van der Waals surface area contributed by atoms with E-state index in [-0.39, 0.29) is 11.8 Å². The van der Waals surface area contributed by atoms with Crippen molar-refractivity contribution in [1.82, 2.24) is 0 Å². The van der Waals surface area contributed by atoms with Crippen LogP contribution in [0.5, 0.6) is 0 Å². The largest absolute Gasteiger partial charge is 0.355 e. The Morgan fingerprint density at radius 1 is 1.00 bits per heavy atom. The third-order valence-corrected chi connectivity index (χ3v) is 3.52. The zero-order valence-electron chi connectivity index (χ0n) is 11.5. The van der Waals surface area contributed by atoms with Gasteiger partial charge >= 0.3 is 0 Å². The van der Waals surface area contributed by atoms with Crippen molar-refractivity contribution in [3.8, 4) is 0 Å². The number of rotatable bonds is 4. The second kappa shape index (κ2) is 6.57. The van der Waals surface area contributed by atoms with E-state index >= 15 is 0 Å². The first-order valence-corrected chi connectivity index (χ1v) is 7.28. The van der Waals surface area contributed by atoms with Gasteiger partial charge in [-0.2, -0.15) is 0 Å². The van der Waals surface area contributed by atoms with Gasteiger partial charge in [-0.1, -0.05) is 26.0 Å². The Labute approximate surface area is 127 Å². The Kier molecular flexibility index (Phi) is 4.79. The van der Waals surface area contributed by atoms with Crippen molar-refractivity contribution >= 4 is 38.9 Å². The summed E-state index contributed by atoms with van der Waals surface area (Å²) in [4.78, 5) is 11.6. The van der Waals surface area contributed by atoms with Crippen LogP contribution in [0.15, 0.2) is 53.0 Å². The van der Waals surface area contributed by atoms with Gasteiger partial charge in [0.2, 0.25) is 5.91 Å². The summed E-state index contributed by atoms with van der Waals surface area (Å²) in [7, 11) is 0. The smallest absolute Gasteiger partial charge is 0.226 e. The molecule has 104 valence electrons. The van der Waals surface area contributed by atoms with Crippen LogP contribution in [0.3, 0.4) is 0 Å². The Morgan fingerprint density at radius 3 is 2.20 bits per heavy atom. The number of carbonyl (C=O) groups excluding carboxylic acids is 1. The van der Waals surface area contributed by atoms with E-state index in [4.69, 9.17) is 0 Å². The zero-order valence-corrected chi connectivity index (χ0v) is 13.1. The minimum atomic E-state index is -0.0203. The minimum absolute atomic E-state index is 0.0203. The summed E-state index contributed by atoms with van der Waals surface area (Å²) < 4.78 is 1.01. The average molecular weight is 333 g/mol. The number of hydrogen-bond acceptors (Lipinski definition) is 2. The van der Waals surface area contributed by atoms with Crippen molar-refractivity contribution in [2.45, 2.75) is 13.8 Å². The highest BCUT2D eigenvalue weighted by Gasteiger charge is 2.06. The number of anilines is 3. The van der Waals surface area contributed by atoms with E-state index in [0.29, 0.717) is 0 Å². The summed E-state index contributed by atoms with van der Waals surface area (Å²) in [6, 6.07) is 15.6. The van der Waals surface area contributed by atoms with Crippen LogP contribution in [-0.2, 0) is 4.79 Å². The van der Waals surface area contributed by atoms with Gasteiger partial charge in [0.1, 0.15) is 0 Å². The zero-order chi connectivity index (χ0) is 14.5. The third-order valence-electron chi connectivity index (χ3n) is 2.83. The van der Waals surface area contributed by atoms with E-state index in [9.17, 15) is 4.79 Å². The molecule has 2 rings (SSSR count). The molecule has 3 nitrogen and oxygen atoms in total. The highest BCUT2D eigenvalue weighted by Crippen LogP contribution is 2.26. The van der Waals surface area contributed by atoms with Gasteiger partial charge < -0.3 is 10.6 Å². The Morgan fingerprint density at radius 2 is 1.60 bits per heavy atom. The lowest BCUT2D eigenvalue weighted by atomic mass is 10.2. The molecule has 2 aromatic rings. The van der Waals surface area contributed by atoms with Crippen LogP contribution in [0.25, 0.3) is 0 Å². The topological polar surface area (TPSA) is 41.1 Å². The van der Waals surface area contributed by atoms with Crippen molar-refractivity contribution in [3.05, 3.63) is 53.0 Å². The second-order valence-corrected chi connectivity index (χ2v) is 5.68. The van der Waals surface area contributed by atoms with Crippen LogP contribution in [0.4, 0.5) is 17.1 Å². The Bertz CT molecular complexity index is 594. The number of nitrogens with one attached hydrogen (secondary N) is 2. The second-order valence-electron chi connectivity index (χ2n) is 4.83. The third kappa shape index (κ3) is 3.84. The molecule has 0 aliphatic heterocycles. The number of amides is 1. The molecule has 0 fully saturated rings. The molecule has 0 unspecified atom stereocenters. The predicted molar refractivity (Wildman–Crippen MR) is 87.3 cm³/mol. The fourth-order valence-electron chi connectivity index (χ4n) is 1.64. The summed E-state index contributed by atoms with van der Waals surface area (Å²) in [5, 5.41) is 6.18. The highest BCUT2D eigenvalue weighted by atomic mass is 79.9. The fourth-order valence-corrected chi connectivity index (χ4v) is 2.03. The van der Waals surface area contributed by atoms with Crippen LogP contribution < -0.4 is 10.6 Å². The first kappa shape index (κ1) is 14.6. The summed E-state index contributed by atoms with van der Waals surface area (Å²) in [6.07, 6.45) is 0. The van der Waals surface area contributed by atoms with Gasteiger partial charge in [-0.05, 0) is 52.3 Å². The summed E-state index contributed by atoms with van der Waals surface area (Å²) in [5.41, 5.74) is 2.78. The quantitative estimate of drug-likeness (QED) is 0.845. The van der Waals surface area contributed by atoms with E-state index in [0.717, 1.165) is 21.5 Å². The summed E-state index contributed by atoms with van der Waals surface area (Å²) in [6.45, 7) is 3.75. The number of carbonyl (C=O) groups is 1. The molecule has 4 heteroatoms. The van der Waals surface area contributed by atoms with Gasteiger partial charge in [-0.15, -0.1) is 0 Å². The molecule has 0 saturated carbocycles. The van der Waals surface area contributed by atoms with Gasteiger partial charge in [-0.3, -0.25) is 4.79 Å². The van der Waals surface area contributed by atoms with Crippen LogP contribution in [0.2, 0.25) is 0 Å². The normalized spacial score (nSPS) is 10.4. The molecule has 0 heterocycles. The van der Waals surface area contributed by atoms with Crippen molar-refractivity contribution in [3.63, 3.8) is 0 Å². The molecule has 0 aliphatic carbocycles. The fraction of sp³-hybridized carbons (Fsp3) is 0.188. The molecule has 0 bridgehead atoms. The van der Waals surface area contributed by atoms with E-state index in [1.807, 2.05) is 62.4 Å². The van der Waals surface area contributed by atoms with Crippen LogP contribution in [-0.4, -0.2) is 5.91 Å². The molecule has 2 aromatic carbocycles. The Hall–Kier alpha value is -1.81. The molecule has 0 radical (unpaired) electrons. The standard InChI is InChI=1S/C16H17BrN2O/c1-11(2)16(20)19-13-9-7-12(8-10-13)18-15-6-4-3-5-14(15)17/h3-11,18H,1-2H3,(H,19,20). The lowest BCUT2D eigenvalue weighted by molar-refractivity contribution is -0.118. The molecule has 20 heavy (non-hydrogen) atoms. The molecular formula is C16H17BrN2O. The van der Waals surface area contributed by atoms with Crippen molar-refractivity contribution < 1.29 is 4.79 Å². The molecule has 0 saturated heterocycles. The van der Waals surface area contributed by atoms with Crippen molar-refractivity contribution in [1.29, 1.82) is 0 Å². The Balaban J connectivity index is 2.05. The maximum absolute atomic E-state index is 11.6. The lowest BCUT2D eigenvalue weighted by Gasteiger charge is -2.10. The van der Waals surface area contributed by atoms with Crippen LogP contribution >= 0.6 is 15.9 Å². The number of halogens is 1. The van der Waals surface area contributed by atoms with Crippen LogP contribution in [0.1, 0.15) is 13.8 Å². The highest BCUT2D eigenvalue weighted by molar-refractivity contribution is 9.10. The van der Waals surface area contributed by atoms with Gasteiger partial charge in [0.25, 0.3) is 0 Å². The first-order chi connectivity index (χ1) is 9.56. The van der Waals surface area contributed by atoms with Gasteiger partial charge in [0, 0.05) is 21.8 Å². The average Bonchev–Trinajstić information content (AvgIpc) is 2.43. The number of para-hydroxylation sites is 1. The summed E-state index contributed by atoms with van der Waals surface area (Å²) >= 11 is 3.50. The van der Waals surface area contributed by atoms with Gasteiger partial charge in [-0.25, -0.2) is 0 Å². The molecule has 2 N–H and O–H groups in total. The minimum Gasteiger partial charge on any atom is -0.355 e. The molecule has 1 amide bonds. The number of benzene rings is 2. The molecule has 0 atom stereocenters. The van der Waals surface area contributed by atoms with Crippen molar-refractivity contribution in [2.24, 2.45) is 5.92 Å². The maximum Gasteiger partial charge on any atom is 0.226 e. The van der Waals surface area contributed by atoms with E-state index in [1.54, 1.807) is 0 Å². The summed E-state index contributed by atoms with van der Waals surface area (Å²) in [5.74, 6) is 0.00425. The van der Waals surface area contributed by atoms with Crippen LogP contribution in [0, 0.1) is 5.92 Å². The molecule has 0 spiro atoms. The molecule has 0 aromatic heterocycles. The lowest BCUT2D eigenvalue weighted by Crippen LogP contribution is -2.17. The maximum atomic E-state index is 11.6. The number of hydrogen-bond donors (Lipinski definition) is 2. The van der Waals surface area contributed by atoms with Gasteiger partial charge in [0.15, 0.2) is 0 Å². The predicted octanol–water partition coefficient (Wildman–Crippen LogP) is 4.79. The molecular weight excluding hydrogens is 316 g/mol. The SMILES string of the molecule is CC(C)C(=O)Nc1ccc(Nc2ccccc2Br)cc1. The monoisotopic (exact) mass is 332 g/mol. The van der Waals surface area contributed by atoms with Gasteiger partial charge in [0.05, 0.1) is 5.69 Å².